The van der Waals surface area contributed by atoms with Crippen molar-refractivity contribution in [3.8, 4) is 11.5 Å². The number of hydrogen-bond acceptors (Lipinski definition) is 7. The Hall–Kier alpha value is -2.24. The van der Waals surface area contributed by atoms with Crippen molar-refractivity contribution in [1.82, 2.24) is 5.32 Å². The minimum atomic E-state index is -0.491. The lowest BCUT2D eigenvalue weighted by atomic mass is 10.2. The number of halogens is 2. The van der Waals surface area contributed by atoms with Gasteiger partial charge in [0.2, 0.25) is 0 Å². The zero-order chi connectivity index (χ0) is 23.3. The molecule has 168 valence electrons. The summed E-state index contributed by atoms with van der Waals surface area (Å²) in [4.78, 5) is 28.9. The fourth-order valence-electron chi connectivity index (χ4n) is 2.72. The number of ether oxygens (including phenoxy) is 3. The Morgan fingerprint density at radius 1 is 1.31 bits per heavy atom. The zero-order valence-corrected chi connectivity index (χ0v) is 21.3. The van der Waals surface area contributed by atoms with Crippen LogP contribution in [0, 0.1) is 10.5 Å². The van der Waals surface area contributed by atoms with Crippen LogP contribution in [0.4, 0.5) is 5.69 Å². The third-order valence-electron chi connectivity index (χ3n) is 4.30. The SMILES string of the molecule is CCOc1cc(/C=C2/SC(=Nc3cccc(Cl)c3C)NC2=O)cc(I)c1OCC(=O)OC. The molecule has 0 unspecified atom stereocenters. The van der Waals surface area contributed by atoms with Gasteiger partial charge in [-0.25, -0.2) is 9.79 Å². The van der Waals surface area contributed by atoms with Gasteiger partial charge >= 0.3 is 5.97 Å². The second kappa shape index (κ2) is 11.1. The van der Waals surface area contributed by atoms with Crippen LogP contribution in [0.1, 0.15) is 18.1 Å². The minimum absolute atomic E-state index is 0.228. The quantitative estimate of drug-likeness (QED) is 0.276. The molecule has 1 aliphatic heterocycles. The number of methoxy groups -OCH3 is 1. The first-order valence-electron chi connectivity index (χ1n) is 9.53. The van der Waals surface area contributed by atoms with Gasteiger partial charge in [0.1, 0.15) is 0 Å². The molecule has 1 fully saturated rings. The van der Waals surface area contributed by atoms with Crippen molar-refractivity contribution in [1.29, 1.82) is 0 Å². The van der Waals surface area contributed by atoms with E-state index in [0.29, 0.717) is 38.9 Å². The molecule has 1 saturated heterocycles. The number of nitrogens with zero attached hydrogens (tertiary/aromatic N) is 1. The average molecular weight is 587 g/mol. The molecule has 1 amide bonds. The normalized spacial score (nSPS) is 15.7. The highest BCUT2D eigenvalue weighted by molar-refractivity contribution is 14.1. The second-order valence-electron chi connectivity index (χ2n) is 6.49. The molecular weight excluding hydrogens is 567 g/mol. The maximum Gasteiger partial charge on any atom is 0.343 e. The number of hydrogen-bond donors (Lipinski definition) is 1. The number of carbonyl (C=O) groups is 2. The summed E-state index contributed by atoms with van der Waals surface area (Å²) in [6.45, 7) is 3.91. The predicted octanol–water partition coefficient (Wildman–Crippen LogP) is 5.10. The molecule has 10 heteroatoms. The monoisotopic (exact) mass is 586 g/mol. The van der Waals surface area contributed by atoms with E-state index >= 15 is 0 Å². The van der Waals surface area contributed by atoms with Gasteiger partial charge in [-0.3, -0.25) is 4.79 Å². The van der Waals surface area contributed by atoms with Crippen LogP contribution in [0.5, 0.6) is 11.5 Å². The number of thioether (sulfide) groups is 1. The molecule has 2 aromatic carbocycles. The summed E-state index contributed by atoms with van der Waals surface area (Å²) in [6, 6.07) is 9.05. The molecule has 0 spiro atoms. The van der Waals surface area contributed by atoms with Crippen LogP contribution < -0.4 is 14.8 Å². The fourth-order valence-corrected chi connectivity index (χ4v) is 4.51. The standard InChI is InChI=1S/C22H20ClIN2O5S/c1-4-30-17-9-13(8-15(24)20(17)31-11-19(27)29-3)10-18-21(28)26-22(32-18)25-16-7-5-6-14(23)12(16)2/h5-10H,4,11H2,1-3H3,(H,25,26,28)/b18-10+. The van der Waals surface area contributed by atoms with Crippen LogP contribution in [0.25, 0.3) is 6.08 Å². The Morgan fingerprint density at radius 2 is 2.09 bits per heavy atom. The molecule has 2 aromatic rings. The number of amides is 1. The highest BCUT2D eigenvalue weighted by Crippen LogP contribution is 2.37. The topological polar surface area (TPSA) is 86.2 Å². The number of esters is 1. The van der Waals surface area contributed by atoms with Crippen molar-refractivity contribution in [2.24, 2.45) is 4.99 Å². The van der Waals surface area contributed by atoms with Crippen LogP contribution in [-0.4, -0.2) is 37.4 Å². The van der Waals surface area contributed by atoms with E-state index in [-0.39, 0.29) is 12.5 Å². The number of aliphatic imine (C=N–C) groups is 1. The molecule has 3 rings (SSSR count). The summed E-state index contributed by atoms with van der Waals surface area (Å²) in [5.74, 6) is 0.187. The number of carbonyl (C=O) groups excluding carboxylic acids is 2. The number of amidine groups is 1. The third-order valence-corrected chi connectivity index (χ3v) is 6.42. The van der Waals surface area contributed by atoms with Crippen molar-refractivity contribution < 1.29 is 23.8 Å². The van der Waals surface area contributed by atoms with E-state index in [9.17, 15) is 9.59 Å². The Morgan fingerprint density at radius 3 is 2.81 bits per heavy atom. The van der Waals surface area contributed by atoms with Crippen molar-refractivity contribution in [3.63, 3.8) is 0 Å². The van der Waals surface area contributed by atoms with Gasteiger partial charge in [-0.15, -0.1) is 0 Å². The Kier molecular flexibility index (Phi) is 8.44. The molecule has 7 nitrogen and oxygen atoms in total. The van der Waals surface area contributed by atoms with Crippen LogP contribution >= 0.6 is 46.0 Å². The van der Waals surface area contributed by atoms with Crippen molar-refractivity contribution in [2.45, 2.75) is 13.8 Å². The summed E-state index contributed by atoms with van der Waals surface area (Å²) in [5.41, 5.74) is 2.29. The van der Waals surface area contributed by atoms with E-state index < -0.39 is 5.97 Å². The summed E-state index contributed by atoms with van der Waals surface area (Å²) < 4.78 is 16.6. The van der Waals surface area contributed by atoms with Gasteiger partial charge in [-0.2, -0.15) is 0 Å². The predicted molar refractivity (Wildman–Crippen MR) is 135 cm³/mol. The summed E-state index contributed by atoms with van der Waals surface area (Å²) in [6.07, 6.45) is 1.75. The smallest absolute Gasteiger partial charge is 0.343 e. The van der Waals surface area contributed by atoms with E-state index in [2.05, 4.69) is 37.6 Å². The molecule has 0 aromatic heterocycles. The van der Waals surface area contributed by atoms with Crippen molar-refractivity contribution in [3.05, 3.63) is 55.0 Å². The third kappa shape index (κ3) is 5.96. The zero-order valence-electron chi connectivity index (χ0n) is 17.5. The van der Waals surface area contributed by atoms with Crippen LogP contribution in [0.3, 0.4) is 0 Å². The first-order valence-corrected chi connectivity index (χ1v) is 11.8. The maximum atomic E-state index is 12.5. The van der Waals surface area contributed by atoms with Crippen molar-refractivity contribution >= 4 is 74.8 Å². The molecular formula is C22H20ClIN2O5S. The van der Waals surface area contributed by atoms with Crippen molar-refractivity contribution in [2.75, 3.05) is 20.3 Å². The largest absolute Gasteiger partial charge is 0.490 e. The fraction of sp³-hybridized carbons (Fsp3) is 0.227. The van der Waals surface area contributed by atoms with E-state index in [1.165, 1.54) is 18.9 Å². The first kappa shape index (κ1) is 24.4. The van der Waals surface area contributed by atoms with Crippen LogP contribution in [0.15, 0.2) is 40.2 Å². The number of benzene rings is 2. The Balaban J connectivity index is 1.87. The lowest BCUT2D eigenvalue weighted by Gasteiger charge is -2.14. The Bertz CT molecular complexity index is 1120. The van der Waals surface area contributed by atoms with Crippen LogP contribution in [-0.2, 0) is 14.3 Å². The van der Waals surface area contributed by atoms with E-state index in [4.69, 9.17) is 21.1 Å². The van der Waals surface area contributed by atoms with Gasteiger partial charge in [0.25, 0.3) is 5.91 Å². The molecule has 0 aliphatic carbocycles. The van der Waals surface area contributed by atoms with Gasteiger partial charge in [0.15, 0.2) is 23.3 Å². The molecule has 1 aliphatic rings. The summed E-state index contributed by atoms with van der Waals surface area (Å²) in [5, 5.41) is 3.87. The maximum absolute atomic E-state index is 12.5. The summed E-state index contributed by atoms with van der Waals surface area (Å²) in [7, 11) is 1.30. The van der Waals surface area contributed by atoms with Gasteiger partial charge in [0, 0.05) is 5.02 Å². The number of nitrogens with one attached hydrogen (secondary N) is 1. The Labute approximate surface area is 208 Å². The molecule has 0 saturated carbocycles. The second-order valence-corrected chi connectivity index (χ2v) is 9.09. The highest BCUT2D eigenvalue weighted by Gasteiger charge is 2.24. The van der Waals surface area contributed by atoms with Crippen LogP contribution in [0.2, 0.25) is 5.02 Å². The van der Waals surface area contributed by atoms with E-state index in [1.54, 1.807) is 18.2 Å². The molecule has 32 heavy (non-hydrogen) atoms. The molecule has 0 bridgehead atoms. The first-order chi connectivity index (χ1) is 15.3. The lowest BCUT2D eigenvalue weighted by molar-refractivity contribution is -0.143. The van der Waals surface area contributed by atoms with E-state index in [1.807, 2.05) is 32.0 Å². The molecule has 1 heterocycles. The van der Waals surface area contributed by atoms with Gasteiger partial charge in [-0.05, 0) is 89.7 Å². The molecule has 1 N–H and O–H groups in total. The van der Waals surface area contributed by atoms with Gasteiger partial charge < -0.3 is 19.5 Å². The van der Waals surface area contributed by atoms with Gasteiger partial charge in [0.05, 0.1) is 27.9 Å². The lowest BCUT2D eigenvalue weighted by Crippen LogP contribution is -2.19. The summed E-state index contributed by atoms with van der Waals surface area (Å²) >= 11 is 9.50. The van der Waals surface area contributed by atoms with E-state index in [0.717, 1.165) is 14.7 Å². The van der Waals surface area contributed by atoms with Gasteiger partial charge in [-0.1, -0.05) is 17.7 Å². The molecule has 0 radical (unpaired) electrons. The average Bonchev–Trinajstić information content (AvgIpc) is 3.09. The highest BCUT2D eigenvalue weighted by atomic mass is 127. The minimum Gasteiger partial charge on any atom is -0.490 e. The molecule has 0 atom stereocenters. The number of rotatable bonds is 7.